The zero-order valence-corrected chi connectivity index (χ0v) is 19.4. The Labute approximate surface area is 199 Å². The molecule has 2 aromatic rings. The Morgan fingerprint density at radius 2 is 1.94 bits per heavy atom. The highest BCUT2D eigenvalue weighted by molar-refractivity contribution is 6.04. The van der Waals surface area contributed by atoms with Gasteiger partial charge >= 0.3 is 6.18 Å². The molecule has 3 N–H and O–H groups in total. The maximum absolute atomic E-state index is 14.2. The number of halogens is 5. The highest BCUT2D eigenvalue weighted by Gasteiger charge is 2.37. The Bertz CT molecular complexity index is 1100. The second-order valence-electron chi connectivity index (χ2n) is 9.69. The maximum atomic E-state index is 14.2. The summed E-state index contributed by atoms with van der Waals surface area (Å²) in [6, 6.07) is 2.46. The molecular formula is C24H27F5N4O2. The van der Waals surface area contributed by atoms with Crippen molar-refractivity contribution in [3.05, 3.63) is 41.6 Å². The fourth-order valence-corrected chi connectivity index (χ4v) is 4.37. The van der Waals surface area contributed by atoms with Crippen molar-refractivity contribution < 1.29 is 31.5 Å². The number of amides is 1. The van der Waals surface area contributed by atoms with E-state index in [-0.39, 0.29) is 35.0 Å². The van der Waals surface area contributed by atoms with Crippen LogP contribution in [0.25, 0.3) is 11.1 Å². The predicted octanol–water partition coefficient (Wildman–Crippen LogP) is 4.42. The molecule has 2 fully saturated rings. The third-order valence-electron chi connectivity index (χ3n) is 6.29. The molecule has 2 aliphatic rings. The van der Waals surface area contributed by atoms with Gasteiger partial charge in [-0.05, 0) is 56.7 Å². The van der Waals surface area contributed by atoms with E-state index >= 15 is 0 Å². The van der Waals surface area contributed by atoms with E-state index in [1.54, 1.807) is 4.90 Å². The van der Waals surface area contributed by atoms with Crippen LogP contribution in [0.4, 0.5) is 27.6 Å². The van der Waals surface area contributed by atoms with Gasteiger partial charge in [0, 0.05) is 36.9 Å². The number of carbonyl (C=O) groups excluding carboxylic acids is 1. The number of hydrogen-bond donors (Lipinski definition) is 2. The van der Waals surface area contributed by atoms with Gasteiger partial charge in [0.2, 0.25) is 5.88 Å². The Balaban J connectivity index is 1.89. The predicted molar refractivity (Wildman–Crippen MR) is 120 cm³/mol. The number of aromatic nitrogens is 1. The van der Waals surface area contributed by atoms with Crippen molar-refractivity contribution in [2.45, 2.75) is 50.9 Å². The van der Waals surface area contributed by atoms with Crippen LogP contribution in [-0.2, 0) is 0 Å². The van der Waals surface area contributed by atoms with Crippen molar-refractivity contribution in [3.8, 4) is 17.0 Å². The first-order chi connectivity index (χ1) is 16.3. The average molecular weight is 498 g/mol. The number of ether oxygens (including phenoxy) is 1. The molecular weight excluding hydrogens is 471 g/mol. The van der Waals surface area contributed by atoms with Gasteiger partial charge in [0.1, 0.15) is 11.6 Å². The molecule has 11 heteroatoms. The SMILES string of the molecule is C[C@H](NC(=O)c1cnc(OCC(F)(F)F)c(-c2cc(F)cc(F)c2)c1N1CC[C@](C)(N)C1)C1CC1. The fourth-order valence-electron chi connectivity index (χ4n) is 4.37. The van der Waals surface area contributed by atoms with Crippen LogP contribution in [-0.4, -0.2) is 48.3 Å². The van der Waals surface area contributed by atoms with Crippen molar-refractivity contribution in [2.75, 3.05) is 24.6 Å². The van der Waals surface area contributed by atoms with Crippen LogP contribution in [0.5, 0.6) is 5.88 Å². The number of rotatable bonds is 7. The second-order valence-corrected chi connectivity index (χ2v) is 9.69. The van der Waals surface area contributed by atoms with Crippen LogP contribution in [0.2, 0.25) is 0 Å². The third-order valence-corrected chi connectivity index (χ3v) is 6.29. The molecule has 1 saturated carbocycles. The summed E-state index contributed by atoms with van der Waals surface area (Å²) in [5.41, 5.74) is 5.69. The van der Waals surface area contributed by atoms with E-state index in [1.807, 2.05) is 13.8 Å². The largest absolute Gasteiger partial charge is 0.468 e. The Morgan fingerprint density at radius 3 is 2.49 bits per heavy atom. The quantitative estimate of drug-likeness (QED) is 0.553. The molecule has 2 heterocycles. The van der Waals surface area contributed by atoms with Gasteiger partial charge in [-0.25, -0.2) is 13.8 Å². The Kier molecular flexibility index (Phi) is 6.65. The highest BCUT2D eigenvalue weighted by atomic mass is 19.4. The number of anilines is 1. The lowest BCUT2D eigenvalue weighted by Gasteiger charge is -2.28. The number of nitrogens with two attached hydrogens (primary N) is 1. The number of nitrogens with zero attached hydrogens (tertiary/aromatic N) is 2. The van der Waals surface area contributed by atoms with Crippen molar-refractivity contribution in [1.29, 1.82) is 0 Å². The van der Waals surface area contributed by atoms with Crippen molar-refractivity contribution in [3.63, 3.8) is 0 Å². The summed E-state index contributed by atoms with van der Waals surface area (Å²) in [6.45, 7) is 2.66. The number of benzene rings is 1. The minimum Gasteiger partial charge on any atom is -0.468 e. The summed E-state index contributed by atoms with van der Waals surface area (Å²) in [5.74, 6) is -2.50. The number of carbonyl (C=O) groups is 1. The van der Waals surface area contributed by atoms with Crippen molar-refractivity contribution >= 4 is 11.6 Å². The van der Waals surface area contributed by atoms with Gasteiger partial charge in [0.15, 0.2) is 6.61 Å². The topological polar surface area (TPSA) is 80.5 Å². The summed E-state index contributed by atoms with van der Waals surface area (Å²) in [6.07, 6.45) is -1.03. The zero-order valence-electron chi connectivity index (χ0n) is 19.4. The van der Waals surface area contributed by atoms with E-state index in [0.717, 1.165) is 31.2 Å². The third kappa shape index (κ3) is 6.01. The molecule has 35 heavy (non-hydrogen) atoms. The van der Waals surface area contributed by atoms with Gasteiger partial charge in [-0.15, -0.1) is 0 Å². The van der Waals surface area contributed by atoms with E-state index in [0.29, 0.717) is 24.9 Å². The number of hydrogen-bond acceptors (Lipinski definition) is 5. The first-order valence-electron chi connectivity index (χ1n) is 11.4. The normalized spacial score (nSPS) is 21.2. The van der Waals surface area contributed by atoms with E-state index in [2.05, 4.69) is 10.3 Å². The molecule has 1 aromatic heterocycles. The van der Waals surface area contributed by atoms with Crippen molar-refractivity contribution in [1.82, 2.24) is 10.3 Å². The van der Waals surface area contributed by atoms with Crippen LogP contribution in [0.15, 0.2) is 24.4 Å². The molecule has 1 saturated heterocycles. The summed E-state index contributed by atoms with van der Waals surface area (Å²) >= 11 is 0. The molecule has 1 aliphatic carbocycles. The fraction of sp³-hybridized carbons (Fsp3) is 0.500. The molecule has 1 aromatic carbocycles. The first-order valence-corrected chi connectivity index (χ1v) is 11.4. The molecule has 6 nitrogen and oxygen atoms in total. The lowest BCUT2D eigenvalue weighted by Crippen LogP contribution is -2.40. The van der Waals surface area contributed by atoms with Gasteiger partial charge in [0.05, 0.1) is 16.8 Å². The first kappa shape index (κ1) is 25.2. The van der Waals surface area contributed by atoms with Gasteiger partial charge in [-0.2, -0.15) is 13.2 Å². The zero-order chi connectivity index (χ0) is 25.5. The Morgan fingerprint density at radius 1 is 1.29 bits per heavy atom. The van der Waals surface area contributed by atoms with E-state index < -0.39 is 41.7 Å². The lowest BCUT2D eigenvalue weighted by atomic mass is 9.99. The summed E-state index contributed by atoms with van der Waals surface area (Å²) in [7, 11) is 0. The Hall–Kier alpha value is -2.95. The average Bonchev–Trinajstić information content (AvgIpc) is 3.53. The maximum Gasteiger partial charge on any atom is 0.422 e. The highest BCUT2D eigenvalue weighted by Crippen LogP contribution is 2.43. The van der Waals surface area contributed by atoms with Crippen LogP contribution in [0.1, 0.15) is 43.5 Å². The molecule has 1 amide bonds. The minimum absolute atomic E-state index is 0.0641. The van der Waals surface area contributed by atoms with Gasteiger partial charge in [-0.1, -0.05) is 0 Å². The minimum atomic E-state index is -4.68. The number of pyridine rings is 1. The summed E-state index contributed by atoms with van der Waals surface area (Å²) in [5, 5.41) is 2.91. The molecule has 0 bridgehead atoms. The van der Waals surface area contributed by atoms with Crippen molar-refractivity contribution in [2.24, 2.45) is 11.7 Å². The van der Waals surface area contributed by atoms with Gasteiger partial charge in [-0.3, -0.25) is 4.79 Å². The number of alkyl halides is 3. The molecule has 4 rings (SSSR count). The van der Waals surface area contributed by atoms with E-state index in [4.69, 9.17) is 10.5 Å². The van der Waals surface area contributed by atoms with Crippen LogP contribution < -0.4 is 20.7 Å². The van der Waals surface area contributed by atoms with Gasteiger partial charge < -0.3 is 20.7 Å². The monoisotopic (exact) mass is 498 g/mol. The van der Waals surface area contributed by atoms with E-state index in [1.165, 1.54) is 0 Å². The lowest BCUT2D eigenvalue weighted by molar-refractivity contribution is -0.154. The van der Waals surface area contributed by atoms with E-state index in [9.17, 15) is 26.7 Å². The second kappa shape index (κ2) is 9.25. The van der Waals surface area contributed by atoms with Gasteiger partial charge in [0.25, 0.3) is 5.91 Å². The van der Waals surface area contributed by atoms with Crippen LogP contribution >= 0.6 is 0 Å². The molecule has 0 spiro atoms. The smallest absolute Gasteiger partial charge is 0.422 e. The molecule has 0 radical (unpaired) electrons. The number of nitrogens with one attached hydrogen (secondary N) is 1. The standard InChI is InChI=1S/C24H27F5N4O2/c1-13(14-3-4-14)32-21(34)18-10-31-22(35-12-24(27,28)29)19(15-7-16(25)9-17(26)8-15)20(18)33-6-5-23(2,30)11-33/h7-10,13-14H,3-6,11-12,30H2,1-2H3,(H,32,34)/t13-,23-/m0/s1. The van der Waals surface area contributed by atoms with Crippen LogP contribution in [0.3, 0.4) is 0 Å². The molecule has 0 unspecified atom stereocenters. The summed E-state index contributed by atoms with van der Waals surface area (Å²) < 4.78 is 72.3. The molecule has 1 aliphatic heterocycles. The van der Waals surface area contributed by atoms with Crippen LogP contribution in [0, 0.1) is 17.6 Å². The molecule has 2 atom stereocenters. The molecule has 190 valence electrons. The summed E-state index contributed by atoms with van der Waals surface area (Å²) in [4.78, 5) is 19.0.